The molecule has 5 heteroatoms. The van der Waals surface area contributed by atoms with Crippen LogP contribution in [-0.4, -0.2) is 61.5 Å². The summed E-state index contributed by atoms with van der Waals surface area (Å²) in [5, 5.41) is 10.7. The molecule has 1 atom stereocenters. The van der Waals surface area contributed by atoms with Gasteiger partial charge in [0.05, 0.1) is 12.2 Å². The van der Waals surface area contributed by atoms with Crippen LogP contribution < -0.4 is 0 Å². The summed E-state index contributed by atoms with van der Waals surface area (Å²) in [6.07, 6.45) is 2.21. The van der Waals surface area contributed by atoms with E-state index in [4.69, 9.17) is 9.47 Å². The van der Waals surface area contributed by atoms with Crippen LogP contribution in [0.1, 0.15) is 33.1 Å². The summed E-state index contributed by atoms with van der Waals surface area (Å²) in [5.74, 6) is 0.314. The van der Waals surface area contributed by atoms with E-state index in [1.165, 1.54) is 0 Å². The summed E-state index contributed by atoms with van der Waals surface area (Å²) < 4.78 is 10.5. The highest BCUT2D eigenvalue weighted by Crippen LogP contribution is 2.39. The third-order valence-corrected chi connectivity index (χ3v) is 4.91. The van der Waals surface area contributed by atoms with Crippen LogP contribution >= 0.6 is 0 Å². The molecular formula is C15H27NO4. The lowest BCUT2D eigenvalue weighted by atomic mass is 9.70. The Labute approximate surface area is 121 Å². The number of hydrogen-bond acceptors (Lipinski definition) is 4. The van der Waals surface area contributed by atoms with Crippen molar-refractivity contribution >= 4 is 5.91 Å². The van der Waals surface area contributed by atoms with Crippen LogP contribution in [0.2, 0.25) is 0 Å². The van der Waals surface area contributed by atoms with Gasteiger partial charge in [0.15, 0.2) is 0 Å². The van der Waals surface area contributed by atoms with Crippen molar-refractivity contribution in [2.45, 2.75) is 38.7 Å². The number of likely N-dealkylation sites (tertiary alicyclic amines) is 1. The molecule has 1 unspecified atom stereocenters. The highest BCUT2D eigenvalue weighted by Gasteiger charge is 2.49. The van der Waals surface area contributed by atoms with Crippen molar-refractivity contribution in [1.29, 1.82) is 0 Å². The zero-order valence-corrected chi connectivity index (χ0v) is 12.9. The van der Waals surface area contributed by atoms with Crippen molar-refractivity contribution in [3.8, 4) is 0 Å². The molecule has 0 saturated carbocycles. The van der Waals surface area contributed by atoms with Gasteiger partial charge in [-0.15, -0.1) is 0 Å². The maximum atomic E-state index is 12.6. The van der Waals surface area contributed by atoms with Gasteiger partial charge in [0, 0.05) is 44.7 Å². The molecule has 20 heavy (non-hydrogen) atoms. The third kappa shape index (κ3) is 3.00. The van der Waals surface area contributed by atoms with E-state index in [1.54, 1.807) is 7.11 Å². The van der Waals surface area contributed by atoms with Crippen molar-refractivity contribution in [1.82, 2.24) is 4.90 Å². The van der Waals surface area contributed by atoms with Gasteiger partial charge in [-0.25, -0.2) is 0 Å². The second-order valence-corrected chi connectivity index (χ2v) is 6.74. The molecule has 0 radical (unpaired) electrons. The number of amides is 1. The summed E-state index contributed by atoms with van der Waals surface area (Å²) in [7, 11) is 1.60. The van der Waals surface area contributed by atoms with E-state index in [9.17, 15) is 9.90 Å². The quantitative estimate of drug-likeness (QED) is 0.842. The summed E-state index contributed by atoms with van der Waals surface area (Å²) in [6.45, 7) is 6.90. The second kappa shape index (κ2) is 6.00. The molecule has 2 aliphatic heterocycles. The van der Waals surface area contributed by atoms with Gasteiger partial charge in [-0.3, -0.25) is 4.79 Å². The number of rotatable bonds is 3. The summed E-state index contributed by atoms with van der Waals surface area (Å²) in [6, 6.07) is 0. The zero-order chi connectivity index (χ0) is 14.8. The monoisotopic (exact) mass is 285 g/mol. The van der Waals surface area contributed by atoms with Crippen LogP contribution in [0.15, 0.2) is 0 Å². The molecule has 2 heterocycles. The number of carbonyl (C=O) groups excluding carboxylic acids is 1. The SMILES string of the molecule is COCC1(O)CCN(C(=O)C2CCOCC2)CC1(C)C. The number of nitrogens with zero attached hydrogens (tertiary/aromatic N) is 1. The van der Waals surface area contributed by atoms with Crippen LogP contribution in [0.5, 0.6) is 0 Å². The van der Waals surface area contributed by atoms with Gasteiger partial charge in [0.1, 0.15) is 0 Å². The normalized spacial score (nSPS) is 31.3. The molecule has 0 spiro atoms. The lowest BCUT2D eigenvalue weighted by Gasteiger charge is -2.50. The Morgan fingerprint density at radius 1 is 1.40 bits per heavy atom. The predicted molar refractivity (Wildman–Crippen MR) is 75.3 cm³/mol. The molecular weight excluding hydrogens is 258 g/mol. The van der Waals surface area contributed by atoms with Crippen molar-refractivity contribution in [2.75, 3.05) is 40.0 Å². The molecule has 1 N–H and O–H groups in total. The summed E-state index contributed by atoms with van der Waals surface area (Å²) in [4.78, 5) is 14.5. The van der Waals surface area contributed by atoms with Crippen LogP contribution in [0.4, 0.5) is 0 Å². The van der Waals surface area contributed by atoms with Gasteiger partial charge in [-0.1, -0.05) is 13.8 Å². The van der Waals surface area contributed by atoms with E-state index in [1.807, 2.05) is 18.7 Å². The van der Waals surface area contributed by atoms with E-state index in [2.05, 4.69) is 0 Å². The maximum absolute atomic E-state index is 12.6. The average Bonchev–Trinajstić information content (AvgIpc) is 2.42. The van der Waals surface area contributed by atoms with E-state index in [0.717, 1.165) is 12.8 Å². The minimum atomic E-state index is -0.853. The lowest BCUT2D eigenvalue weighted by molar-refractivity contribution is -0.167. The van der Waals surface area contributed by atoms with Crippen molar-refractivity contribution < 1.29 is 19.4 Å². The molecule has 5 nitrogen and oxygen atoms in total. The highest BCUT2D eigenvalue weighted by molar-refractivity contribution is 5.79. The third-order valence-electron chi connectivity index (χ3n) is 4.91. The van der Waals surface area contributed by atoms with Gasteiger partial charge in [0.25, 0.3) is 0 Å². The first kappa shape index (κ1) is 15.7. The van der Waals surface area contributed by atoms with Crippen LogP contribution in [0.25, 0.3) is 0 Å². The van der Waals surface area contributed by atoms with Crippen molar-refractivity contribution in [3.63, 3.8) is 0 Å². The van der Waals surface area contributed by atoms with Gasteiger partial charge in [-0.05, 0) is 19.3 Å². The molecule has 0 bridgehead atoms. The van der Waals surface area contributed by atoms with E-state index in [-0.39, 0.29) is 17.2 Å². The van der Waals surface area contributed by atoms with Crippen LogP contribution in [0.3, 0.4) is 0 Å². The molecule has 2 rings (SSSR count). The molecule has 2 saturated heterocycles. The molecule has 0 aromatic carbocycles. The number of aliphatic hydroxyl groups is 1. The van der Waals surface area contributed by atoms with E-state index >= 15 is 0 Å². The number of hydrogen-bond donors (Lipinski definition) is 1. The first-order valence-corrected chi connectivity index (χ1v) is 7.47. The standard InChI is InChI=1S/C15H27NO4/c1-14(2)10-16(7-6-15(14,18)11-19-3)13(17)12-4-8-20-9-5-12/h12,18H,4-11H2,1-3H3. The molecule has 1 amide bonds. The fraction of sp³-hybridized carbons (Fsp3) is 0.933. The summed E-state index contributed by atoms with van der Waals surface area (Å²) in [5.41, 5.74) is -1.21. The van der Waals surface area contributed by atoms with E-state index < -0.39 is 5.60 Å². The summed E-state index contributed by atoms with van der Waals surface area (Å²) >= 11 is 0. The number of piperidine rings is 1. The first-order chi connectivity index (χ1) is 9.39. The minimum absolute atomic E-state index is 0.0909. The topological polar surface area (TPSA) is 59.0 Å². The Bertz CT molecular complexity index is 352. The minimum Gasteiger partial charge on any atom is -0.387 e. The molecule has 2 fully saturated rings. The maximum Gasteiger partial charge on any atom is 0.225 e. The Morgan fingerprint density at radius 3 is 2.60 bits per heavy atom. The molecule has 0 aliphatic carbocycles. The Balaban J connectivity index is 2.01. The van der Waals surface area contributed by atoms with Crippen LogP contribution in [0, 0.1) is 11.3 Å². The number of carbonyl (C=O) groups is 1. The van der Waals surface area contributed by atoms with Crippen molar-refractivity contribution in [2.24, 2.45) is 11.3 Å². The Kier molecular flexibility index (Phi) is 4.72. The highest BCUT2D eigenvalue weighted by atomic mass is 16.5. The van der Waals surface area contributed by atoms with Gasteiger partial charge >= 0.3 is 0 Å². The second-order valence-electron chi connectivity index (χ2n) is 6.74. The average molecular weight is 285 g/mol. The molecule has 0 aromatic heterocycles. The Morgan fingerprint density at radius 2 is 2.05 bits per heavy atom. The fourth-order valence-electron chi connectivity index (χ4n) is 3.26. The van der Waals surface area contributed by atoms with Crippen molar-refractivity contribution in [3.05, 3.63) is 0 Å². The number of methoxy groups -OCH3 is 1. The Hall–Kier alpha value is -0.650. The van der Waals surface area contributed by atoms with Gasteiger partial charge in [0.2, 0.25) is 5.91 Å². The predicted octanol–water partition coefficient (Wildman–Crippen LogP) is 1.05. The first-order valence-electron chi connectivity index (χ1n) is 7.47. The number of ether oxygens (including phenoxy) is 2. The smallest absolute Gasteiger partial charge is 0.225 e. The largest absolute Gasteiger partial charge is 0.387 e. The molecule has 0 aromatic rings. The fourth-order valence-corrected chi connectivity index (χ4v) is 3.26. The molecule has 2 aliphatic rings. The zero-order valence-electron chi connectivity index (χ0n) is 12.9. The lowest BCUT2D eigenvalue weighted by Crippen LogP contribution is -2.61. The van der Waals surface area contributed by atoms with Gasteiger partial charge < -0.3 is 19.5 Å². The van der Waals surface area contributed by atoms with Crippen LogP contribution in [-0.2, 0) is 14.3 Å². The van der Waals surface area contributed by atoms with Gasteiger partial charge in [-0.2, -0.15) is 0 Å². The van der Waals surface area contributed by atoms with E-state index in [0.29, 0.717) is 39.3 Å². The molecule has 116 valence electrons.